The predicted octanol–water partition coefficient (Wildman–Crippen LogP) is 5.53. The molecule has 3 aromatic rings. The first-order chi connectivity index (χ1) is 19.0. The normalized spacial score (nSPS) is 12.8. The number of anilines is 1. The lowest BCUT2D eigenvalue weighted by atomic mass is 10.1. The van der Waals surface area contributed by atoms with Crippen LogP contribution < -0.4 is 9.62 Å². The Labute approximate surface area is 239 Å². The Kier molecular flexibility index (Phi) is 10.5. The average Bonchev–Trinajstić information content (AvgIpc) is 2.92. The molecular weight excluding hydrogens is 522 g/mol. The lowest BCUT2D eigenvalue weighted by Crippen LogP contribution is -2.53. The maximum absolute atomic E-state index is 14.1. The van der Waals surface area contributed by atoms with E-state index in [0.29, 0.717) is 12.1 Å². The second-order valence-electron chi connectivity index (χ2n) is 10.4. The molecule has 0 saturated heterocycles. The molecule has 0 saturated carbocycles. The number of carbonyl (C=O) groups excluding carboxylic acids is 2. The van der Waals surface area contributed by atoms with Crippen LogP contribution in [0, 0.1) is 20.8 Å². The number of carbonyl (C=O) groups is 2. The molecule has 7 nitrogen and oxygen atoms in total. The third-order valence-corrected chi connectivity index (χ3v) is 8.83. The summed E-state index contributed by atoms with van der Waals surface area (Å²) >= 11 is 0. The summed E-state index contributed by atoms with van der Waals surface area (Å²) in [5, 5.41) is 3.00. The van der Waals surface area contributed by atoms with Crippen molar-refractivity contribution in [3.05, 3.63) is 95.1 Å². The Balaban J connectivity index is 2.05. The second-order valence-corrected chi connectivity index (χ2v) is 12.3. The summed E-state index contributed by atoms with van der Waals surface area (Å²) in [6.07, 6.45) is 1.14. The van der Waals surface area contributed by atoms with E-state index in [1.165, 1.54) is 4.90 Å². The van der Waals surface area contributed by atoms with Crippen LogP contribution in [-0.2, 0) is 26.2 Å². The van der Waals surface area contributed by atoms with Gasteiger partial charge in [-0.3, -0.25) is 13.9 Å². The Hall–Kier alpha value is -3.65. The summed E-state index contributed by atoms with van der Waals surface area (Å²) in [4.78, 5) is 29.1. The van der Waals surface area contributed by atoms with Crippen molar-refractivity contribution in [2.24, 2.45) is 0 Å². The van der Waals surface area contributed by atoms with Gasteiger partial charge in [0.2, 0.25) is 11.8 Å². The van der Waals surface area contributed by atoms with Gasteiger partial charge in [0.15, 0.2) is 0 Å². The molecule has 0 spiro atoms. The van der Waals surface area contributed by atoms with Crippen molar-refractivity contribution < 1.29 is 18.0 Å². The molecule has 214 valence electrons. The molecular formula is C32H41N3O4S. The van der Waals surface area contributed by atoms with Gasteiger partial charge in [0.1, 0.15) is 12.6 Å². The third kappa shape index (κ3) is 7.72. The van der Waals surface area contributed by atoms with Gasteiger partial charge in [0.05, 0.1) is 10.6 Å². The molecule has 0 aliphatic heterocycles. The average molecular weight is 564 g/mol. The van der Waals surface area contributed by atoms with Crippen molar-refractivity contribution in [3.8, 4) is 0 Å². The molecule has 0 radical (unpaired) electrons. The van der Waals surface area contributed by atoms with Crippen molar-refractivity contribution in [1.29, 1.82) is 0 Å². The molecule has 2 atom stereocenters. The van der Waals surface area contributed by atoms with E-state index in [9.17, 15) is 18.0 Å². The summed E-state index contributed by atoms with van der Waals surface area (Å²) in [7, 11) is -4.09. The summed E-state index contributed by atoms with van der Waals surface area (Å²) in [6, 6.07) is 20.6. The highest BCUT2D eigenvalue weighted by atomic mass is 32.2. The van der Waals surface area contributed by atoms with Crippen LogP contribution in [0.25, 0.3) is 0 Å². The summed E-state index contributed by atoms with van der Waals surface area (Å²) < 4.78 is 29.0. The fourth-order valence-corrected chi connectivity index (χ4v) is 5.81. The molecule has 40 heavy (non-hydrogen) atoms. The monoisotopic (exact) mass is 563 g/mol. The summed E-state index contributed by atoms with van der Waals surface area (Å²) in [5.74, 6) is -0.704. The molecule has 0 bridgehead atoms. The Morgan fingerprint density at radius 3 is 1.98 bits per heavy atom. The minimum absolute atomic E-state index is 0.0522. The molecule has 0 heterocycles. The molecule has 1 N–H and O–H groups in total. The zero-order valence-corrected chi connectivity index (χ0v) is 25.2. The van der Waals surface area contributed by atoms with E-state index < -0.39 is 28.5 Å². The zero-order chi connectivity index (χ0) is 29.4. The van der Waals surface area contributed by atoms with Gasteiger partial charge in [-0.1, -0.05) is 73.5 Å². The van der Waals surface area contributed by atoms with E-state index in [-0.39, 0.29) is 23.4 Å². The van der Waals surface area contributed by atoms with E-state index >= 15 is 0 Å². The molecule has 0 unspecified atom stereocenters. The number of hydrogen-bond donors (Lipinski definition) is 1. The fraction of sp³-hybridized carbons (Fsp3) is 0.375. The van der Waals surface area contributed by atoms with Crippen LogP contribution in [0.1, 0.15) is 55.9 Å². The number of amides is 2. The van der Waals surface area contributed by atoms with Crippen molar-refractivity contribution in [2.75, 3.05) is 10.8 Å². The Morgan fingerprint density at radius 1 is 0.825 bits per heavy atom. The van der Waals surface area contributed by atoms with E-state index in [2.05, 4.69) is 5.32 Å². The minimum Gasteiger partial charge on any atom is -0.352 e. The van der Waals surface area contributed by atoms with Gasteiger partial charge < -0.3 is 10.2 Å². The number of benzene rings is 3. The molecule has 3 aromatic carbocycles. The van der Waals surface area contributed by atoms with E-state index in [4.69, 9.17) is 0 Å². The number of nitrogens with zero attached hydrogens (tertiary/aromatic N) is 2. The van der Waals surface area contributed by atoms with Gasteiger partial charge in [-0.25, -0.2) is 8.42 Å². The SMILES string of the molecule is CC[C@H](C)NC(=O)[C@H](CC)N(Cc1ccc(C)cc1)C(=O)CN(c1cccc(C)c1)S(=O)(=O)c1ccc(C)cc1. The van der Waals surface area contributed by atoms with Gasteiger partial charge >= 0.3 is 0 Å². The van der Waals surface area contributed by atoms with Crippen molar-refractivity contribution in [1.82, 2.24) is 10.2 Å². The predicted molar refractivity (Wildman–Crippen MR) is 161 cm³/mol. The first kappa shape index (κ1) is 30.9. The van der Waals surface area contributed by atoms with Crippen molar-refractivity contribution >= 4 is 27.5 Å². The van der Waals surface area contributed by atoms with E-state index in [1.807, 2.05) is 71.9 Å². The molecule has 0 aliphatic carbocycles. The molecule has 2 amide bonds. The Bertz CT molecular complexity index is 1400. The number of aryl methyl sites for hydroxylation is 3. The number of hydrogen-bond acceptors (Lipinski definition) is 4. The fourth-order valence-electron chi connectivity index (χ4n) is 4.40. The van der Waals surface area contributed by atoms with Gasteiger partial charge in [-0.05, 0) is 75.9 Å². The highest BCUT2D eigenvalue weighted by molar-refractivity contribution is 7.92. The van der Waals surface area contributed by atoms with Crippen LogP contribution in [0.4, 0.5) is 5.69 Å². The minimum atomic E-state index is -4.09. The standard InChI is InChI=1S/C32H41N3O4S/c1-7-26(6)33-32(37)30(8-2)34(21-27-16-12-23(3)13-17-27)31(36)22-35(28-11-9-10-25(5)20-28)40(38,39)29-18-14-24(4)15-19-29/h9-20,26,30H,7-8,21-22H2,1-6H3,(H,33,37)/t26-,30-/m0/s1. The zero-order valence-electron chi connectivity index (χ0n) is 24.3. The second kappa shape index (κ2) is 13.6. The number of sulfonamides is 1. The van der Waals surface area contributed by atoms with E-state index in [0.717, 1.165) is 33.0 Å². The largest absolute Gasteiger partial charge is 0.352 e. The molecule has 8 heteroatoms. The van der Waals surface area contributed by atoms with Crippen LogP contribution in [0.2, 0.25) is 0 Å². The first-order valence-electron chi connectivity index (χ1n) is 13.8. The van der Waals surface area contributed by atoms with Gasteiger partial charge in [0, 0.05) is 12.6 Å². The summed E-state index contributed by atoms with van der Waals surface area (Å²) in [5.41, 5.74) is 4.13. The number of nitrogens with one attached hydrogen (secondary N) is 1. The highest BCUT2D eigenvalue weighted by Gasteiger charge is 2.34. The first-order valence-corrected chi connectivity index (χ1v) is 15.2. The highest BCUT2D eigenvalue weighted by Crippen LogP contribution is 2.26. The van der Waals surface area contributed by atoms with Gasteiger partial charge in [0.25, 0.3) is 10.0 Å². The quantitative estimate of drug-likeness (QED) is 0.314. The third-order valence-electron chi connectivity index (χ3n) is 7.04. The van der Waals surface area contributed by atoms with Gasteiger partial charge in [-0.2, -0.15) is 0 Å². The van der Waals surface area contributed by atoms with E-state index in [1.54, 1.807) is 42.5 Å². The van der Waals surface area contributed by atoms with Crippen LogP contribution >= 0.6 is 0 Å². The lowest BCUT2D eigenvalue weighted by molar-refractivity contribution is -0.140. The maximum atomic E-state index is 14.1. The lowest BCUT2D eigenvalue weighted by Gasteiger charge is -2.33. The van der Waals surface area contributed by atoms with Crippen LogP contribution in [0.3, 0.4) is 0 Å². The molecule has 0 fully saturated rings. The topological polar surface area (TPSA) is 86.8 Å². The molecule has 0 aromatic heterocycles. The Morgan fingerprint density at radius 2 is 1.43 bits per heavy atom. The molecule has 0 aliphatic rings. The van der Waals surface area contributed by atoms with Gasteiger partial charge in [-0.15, -0.1) is 0 Å². The number of rotatable bonds is 12. The smallest absolute Gasteiger partial charge is 0.264 e. The van der Waals surface area contributed by atoms with Crippen LogP contribution in [-0.4, -0.2) is 43.8 Å². The maximum Gasteiger partial charge on any atom is 0.264 e. The molecule has 3 rings (SSSR count). The van der Waals surface area contributed by atoms with Crippen molar-refractivity contribution in [2.45, 2.75) is 77.9 Å². The van der Waals surface area contributed by atoms with Crippen molar-refractivity contribution in [3.63, 3.8) is 0 Å². The summed E-state index contributed by atoms with van der Waals surface area (Å²) in [6.45, 7) is 11.2. The van der Waals surface area contributed by atoms with Crippen LogP contribution in [0.5, 0.6) is 0 Å². The van der Waals surface area contributed by atoms with Crippen LogP contribution in [0.15, 0.2) is 77.7 Å².